The number of carbonyl (C=O) groups excluding carboxylic acids is 2. The lowest BCUT2D eigenvalue weighted by atomic mass is 10.1. The van der Waals surface area contributed by atoms with Crippen molar-refractivity contribution in [1.82, 2.24) is 10.3 Å². The Morgan fingerprint density at radius 1 is 1.56 bits per heavy atom. The van der Waals surface area contributed by atoms with Crippen LogP contribution in [-0.2, 0) is 20.7 Å². The quantitative estimate of drug-likeness (QED) is 0.676. The summed E-state index contributed by atoms with van der Waals surface area (Å²) in [5.41, 5.74) is 0.936. The van der Waals surface area contributed by atoms with E-state index in [-0.39, 0.29) is 12.3 Å². The van der Waals surface area contributed by atoms with Crippen LogP contribution in [0.1, 0.15) is 12.0 Å². The van der Waals surface area contributed by atoms with Crippen LogP contribution in [-0.4, -0.2) is 41.7 Å². The van der Waals surface area contributed by atoms with Crippen molar-refractivity contribution in [2.45, 2.75) is 18.9 Å². The predicted molar refractivity (Wildman–Crippen MR) is 63.6 cm³/mol. The highest BCUT2D eigenvalue weighted by Gasteiger charge is 2.19. The number of amides is 1. The summed E-state index contributed by atoms with van der Waals surface area (Å²) in [6.45, 7) is -0.481. The molecule has 0 saturated carbocycles. The SMILES string of the molecule is COC(=O)C(CO)NC(=O)CCc1cccnc1. The lowest BCUT2D eigenvalue weighted by molar-refractivity contribution is -0.146. The van der Waals surface area contributed by atoms with Gasteiger partial charge < -0.3 is 15.2 Å². The first kappa shape index (κ1) is 14.1. The Morgan fingerprint density at radius 3 is 2.89 bits per heavy atom. The maximum absolute atomic E-state index is 11.6. The minimum atomic E-state index is -1.00. The lowest BCUT2D eigenvalue weighted by Crippen LogP contribution is -2.44. The zero-order chi connectivity index (χ0) is 13.4. The zero-order valence-corrected chi connectivity index (χ0v) is 10.1. The Balaban J connectivity index is 2.39. The molecule has 0 aromatic carbocycles. The van der Waals surface area contributed by atoms with E-state index in [1.54, 1.807) is 18.5 Å². The minimum absolute atomic E-state index is 0.221. The number of aliphatic hydroxyl groups excluding tert-OH is 1. The maximum atomic E-state index is 11.6. The number of hydrogen-bond acceptors (Lipinski definition) is 5. The van der Waals surface area contributed by atoms with Gasteiger partial charge in [-0.25, -0.2) is 4.79 Å². The highest BCUT2D eigenvalue weighted by Crippen LogP contribution is 2.00. The van der Waals surface area contributed by atoms with Gasteiger partial charge in [0.15, 0.2) is 6.04 Å². The molecule has 0 radical (unpaired) electrons. The van der Waals surface area contributed by atoms with Crippen molar-refractivity contribution in [2.75, 3.05) is 13.7 Å². The molecular weight excluding hydrogens is 236 g/mol. The molecule has 1 atom stereocenters. The van der Waals surface area contributed by atoms with E-state index in [1.165, 1.54) is 7.11 Å². The molecule has 1 aromatic heterocycles. The summed E-state index contributed by atoms with van der Waals surface area (Å²) in [5.74, 6) is -0.976. The fourth-order valence-electron chi connectivity index (χ4n) is 1.39. The fourth-order valence-corrected chi connectivity index (χ4v) is 1.39. The molecule has 0 fully saturated rings. The van der Waals surface area contributed by atoms with Gasteiger partial charge in [-0.15, -0.1) is 0 Å². The van der Waals surface area contributed by atoms with Crippen LogP contribution in [0.4, 0.5) is 0 Å². The molecule has 1 aromatic rings. The minimum Gasteiger partial charge on any atom is -0.467 e. The highest BCUT2D eigenvalue weighted by molar-refractivity contribution is 5.84. The van der Waals surface area contributed by atoms with Gasteiger partial charge in [0.2, 0.25) is 5.91 Å². The molecule has 18 heavy (non-hydrogen) atoms. The number of nitrogens with one attached hydrogen (secondary N) is 1. The molecule has 0 aliphatic carbocycles. The van der Waals surface area contributed by atoms with E-state index in [2.05, 4.69) is 15.0 Å². The normalized spacial score (nSPS) is 11.7. The molecule has 1 amide bonds. The van der Waals surface area contributed by atoms with Crippen molar-refractivity contribution < 1.29 is 19.4 Å². The summed E-state index contributed by atoms with van der Waals surface area (Å²) < 4.78 is 4.44. The Kier molecular flexibility index (Phi) is 5.79. The average molecular weight is 252 g/mol. The summed E-state index contributed by atoms with van der Waals surface area (Å²) in [6.07, 6.45) is 4.08. The molecule has 0 saturated heterocycles. The van der Waals surface area contributed by atoms with Gasteiger partial charge in [0.05, 0.1) is 13.7 Å². The molecule has 0 aliphatic rings. The smallest absolute Gasteiger partial charge is 0.330 e. The zero-order valence-electron chi connectivity index (χ0n) is 10.1. The van der Waals surface area contributed by atoms with Gasteiger partial charge in [-0.2, -0.15) is 0 Å². The lowest BCUT2D eigenvalue weighted by Gasteiger charge is -2.13. The van der Waals surface area contributed by atoms with Gasteiger partial charge in [0, 0.05) is 18.8 Å². The van der Waals surface area contributed by atoms with Crippen LogP contribution in [0, 0.1) is 0 Å². The number of carbonyl (C=O) groups is 2. The largest absolute Gasteiger partial charge is 0.467 e. The Hall–Kier alpha value is -1.95. The molecule has 98 valence electrons. The van der Waals surface area contributed by atoms with Crippen molar-refractivity contribution >= 4 is 11.9 Å². The van der Waals surface area contributed by atoms with Gasteiger partial charge in [-0.3, -0.25) is 9.78 Å². The summed E-state index contributed by atoms with van der Waals surface area (Å²) in [6, 6.07) is 2.65. The van der Waals surface area contributed by atoms with E-state index >= 15 is 0 Å². The van der Waals surface area contributed by atoms with Crippen LogP contribution < -0.4 is 5.32 Å². The van der Waals surface area contributed by atoms with Gasteiger partial charge in [0.1, 0.15) is 0 Å². The van der Waals surface area contributed by atoms with E-state index < -0.39 is 18.6 Å². The number of ether oxygens (including phenoxy) is 1. The predicted octanol–water partition coefficient (Wildman–Crippen LogP) is -0.336. The van der Waals surface area contributed by atoms with Gasteiger partial charge in [0.25, 0.3) is 0 Å². The third-order valence-electron chi connectivity index (χ3n) is 2.37. The van der Waals surface area contributed by atoms with Gasteiger partial charge in [-0.05, 0) is 18.1 Å². The van der Waals surface area contributed by atoms with E-state index in [9.17, 15) is 9.59 Å². The second kappa shape index (κ2) is 7.39. The average Bonchev–Trinajstić information content (AvgIpc) is 2.42. The number of esters is 1. The monoisotopic (exact) mass is 252 g/mol. The van der Waals surface area contributed by atoms with Crippen molar-refractivity contribution in [3.8, 4) is 0 Å². The maximum Gasteiger partial charge on any atom is 0.330 e. The Bertz CT molecular complexity index is 394. The van der Waals surface area contributed by atoms with E-state index in [0.29, 0.717) is 6.42 Å². The van der Waals surface area contributed by atoms with Gasteiger partial charge >= 0.3 is 5.97 Å². The molecule has 0 bridgehead atoms. The number of pyridine rings is 1. The van der Waals surface area contributed by atoms with Gasteiger partial charge in [-0.1, -0.05) is 6.07 Å². The number of methoxy groups -OCH3 is 1. The van der Waals surface area contributed by atoms with Crippen LogP contribution >= 0.6 is 0 Å². The van der Waals surface area contributed by atoms with E-state index in [1.807, 2.05) is 6.07 Å². The van der Waals surface area contributed by atoms with Crippen LogP contribution in [0.25, 0.3) is 0 Å². The number of rotatable bonds is 6. The molecular formula is C12H16N2O4. The summed E-state index contributed by atoms with van der Waals surface area (Å²) >= 11 is 0. The number of aromatic nitrogens is 1. The Labute approximate surface area is 105 Å². The molecule has 0 aliphatic heterocycles. The third-order valence-corrected chi connectivity index (χ3v) is 2.37. The first-order valence-corrected chi connectivity index (χ1v) is 5.54. The van der Waals surface area contributed by atoms with Crippen LogP contribution in [0.15, 0.2) is 24.5 Å². The summed E-state index contributed by atoms with van der Waals surface area (Å²) in [7, 11) is 1.20. The van der Waals surface area contributed by atoms with Crippen LogP contribution in [0.3, 0.4) is 0 Å². The van der Waals surface area contributed by atoms with Crippen molar-refractivity contribution in [2.24, 2.45) is 0 Å². The first-order chi connectivity index (χ1) is 8.67. The second-order valence-corrected chi connectivity index (χ2v) is 3.69. The van der Waals surface area contributed by atoms with Crippen molar-refractivity contribution in [1.29, 1.82) is 0 Å². The number of hydrogen-bond donors (Lipinski definition) is 2. The molecule has 1 heterocycles. The molecule has 0 spiro atoms. The number of aliphatic hydroxyl groups is 1. The topological polar surface area (TPSA) is 88.5 Å². The molecule has 2 N–H and O–H groups in total. The molecule has 6 heteroatoms. The number of aryl methyl sites for hydroxylation is 1. The van der Waals surface area contributed by atoms with Crippen molar-refractivity contribution in [3.63, 3.8) is 0 Å². The number of nitrogens with zero attached hydrogens (tertiary/aromatic N) is 1. The van der Waals surface area contributed by atoms with Crippen LogP contribution in [0.5, 0.6) is 0 Å². The summed E-state index contributed by atoms with van der Waals surface area (Å²) in [5, 5.41) is 11.3. The third kappa shape index (κ3) is 4.50. The van der Waals surface area contributed by atoms with Crippen LogP contribution in [0.2, 0.25) is 0 Å². The first-order valence-electron chi connectivity index (χ1n) is 5.54. The molecule has 1 rings (SSSR count). The molecule has 6 nitrogen and oxygen atoms in total. The molecule has 1 unspecified atom stereocenters. The second-order valence-electron chi connectivity index (χ2n) is 3.69. The van der Waals surface area contributed by atoms with E-state index in [4.69, 9.17) is 5.11 Å². The fraction of sp³-hybridized carbons (Fsp3) is 0.417. The summed E-state index contributed by atoms with van der Waals surface area (Å²) in [4.78, 5) is 26.6. The standard InChI is InChI=1S/C12H16N2O4/c1-18-12(17)10(8-15)14-11(16)5-4-9-3-2-6-13-7-9/h2-3,6-7,10,15H,4-5,8H2,1H3,(H,14,16). The van der Waals surface area contributed by atoms with E-state index in [0.717, 1.165) is 5.56 Å². The Morgan fingerprint density at radius 2 is 2.33 bits per heavy atom. The highest BCUT2D eigenvalue weighted by atomic mass is 16.5. The van der Waals surface area contributed by atoms with Crippen molar-refractivity contribution in [3.05, 3.63) is 30.1 Å².